The van der Waals surface area contributed by atoms with Gasteiger partial charge < -0.3 is 9.73 Å². The summed E-state index contributed by atoms with van der Waals surface area (Å²) in [5.41, 5.74) is 2.69. The summed E-state index contributed by atoms with van der Waals surface area (Å²) in [6, 6.07) is 18.1. The van der Waals surface area contributed by atoms with Crippen molar-refractivity contribution in [3.05, 3.63) is 70.7 Å². The maximum absolute atomic E-state index is 12.3. The lowest BCUT2D eigenvalue weighted by molar-refractivity contribution is -0.122. The smallest absolute Gasteiger partial charge is 0.408 e. The number of amides is 1. The average Bonchev–Trinajstić information content (AvgIpc) is 3.03. The number of carbonyl (C=O) groups excluding carboxylic acids is 1. The van der Waals surface area contributed by atoms with Crippen molar-refractivity contribution in [2.75, 3.05) is 0 Å². The number of fused-ring (bicyclic) bond motifs is 1. The van der Waals surface area contributed by atoms with Crippen LogP contribution in [0.2, 0.25) is 0 Å². The first kappa shape index (κ1) is 17.6. The molecule has 1 saturated carbocycles. The van der Waals surface area contributed by atoms with E-state index < -0.39 is 5.76 Å². The average molecular weight is 364 g/mol. The second-order valence-corrected chi connectivity index (χ2v) is 7.26. The molecule has 3 aromatic rings. The third kappa shape index (κ3) is 3.97. The number of rotatable bonds is 5. The van der Waals surface area contributed by atoms with Crippen LogP contribution in [0.1, 0.15) is 43.6 Å². The van der Waals surface area contributed by atoms with Crippen LogP contribution in [0.15, 0.2) is 63.8 Å². The van der Waals surface area contributed by atoms with Crippen LogP contribution in [-0.4, -0.2) is 16.5 Å². The lowest BCUT2D eigenvalue weighted by atomic mass is 9.82. The molecule has 1 amide bonds. The van der Waals surface area contributed by atoms with Crippen LogP contribution < -0.4 is 11.1 Å². The summed E-state index contributed by atoms with van der Waals surface area (Å²) >= 11 is 0. The topological polar surface area (TPSA) is 64.2 Å². The predicted molar refractivity (Wildman–Crippen MR) is 105 cm³/mol. The second kappa shape index (κ2) is 7.82. The largest absolute Gasteiger partial charge is 0.419 e. The summed E-state index contributed by atoms with van der Waals surface area (Å²) in [7, 11) is 0. The third-order valence-corrected chi connectivity index (χ3v) is 5.50. The van der Waals surface area contributed by atoms with Gasteiger partial charge in [-0.15, -0.1) is 0 Å². The van der Waals surface area contributed by atoms with Crippen LogP contribution in [0.3, 0.4) is 0 Å². The lowest BCUT2D eigenvalue weighted by Gasteiger charge is -2.29. The van der Waals surface area contributed by atoms with Crippen LogP contribution in [0.4, 0.5) is 0 Å². The van der Waals surface area contributed by atoms with Gasteiger partial charge >= 0.3 is 5.76 Å². The van der Waals surface area contributed by atoms with Crippen molar-refractivity contribution in [2.24, 2.45) is 0 Å². The molecule has 5 nitrogen and oxygen atoms in total. The number of nitrogens with one attached hydrogen (secondary N) is 1. The first-order valence-electron chi connectivity index (χ1n) is 9.63. The van der Waals surface area contributed by atoms with Gasteiger partial charge in [0.05, 0.1) is 5.52 Å². The Balaban J connectivity index is 1.29. The Bertz CT molecular complexity index is 966. The van der Waals surface area contributed by atoms with Gasteiger partial charge in [-0.2, -0.15) is 0 Å². The fourth-order valence-electron chi connectivity index (χ4n) is 4.04. The van der Waals surface area contributed by atoms with Crippen molar-refractivity contribution in [3.63, 3.8) is 0 Å². The third-order valence-electron chi connectivity index (χ3n) is 5.50. The first-order chi connectivity index (χ1) is 13.2. The predicted octanol–water partition coefficient (Wildman–Crippen LogP) is 3.83. The molecule has 2 aromatic carbocycles. The Kier molecular flexibility index (Phi) is 5.10. The highest BCUT2D eigenvalue weighted by Crippen LogP contribution is 2.32. The molecule has 0 saturated heterocycles. The van der Waals surface area contributed by atoms with Gasteiger partial charge in [0.1, 0.15) is 0 Å². The van der Waals surface area contributed by atoms with E-state index >= 15 is 0 Å². The van der Waals surface area contributed by atoms with Gasteiger partial charge in [-0.25, -0.2) is 4.79 Å². The van der Waals surface area contributed by atoms with Crippen molar-refractivity contribution >= 4 is 17.0 Å². The molecule has 1 aliphatic rings. The number of hydrogen-bond acceptors (Lipinski definition) is 3. The van der Waals surface area contributed by atoms with Crippen LogP contribution in [0.25, 0.3) is 11.1 Å². The Labute approximate surface area is 158 Å². The number of benzene rings is 2. The zero-order valence-electron chi connectivity index (χ0n) is 15.3. The summed E-state index contributed by atoms with van der Waals surface area (Å²) in [4.78, 5) is 24.3. The molecule has 0 radical (unpaired) electrons. The summed E-state index contributed by atoms with van der Waals surface area (Å²) in [5, 5.41) is 3.14. The summed E-state index contributed by atoms with van der Waals surface area (Å²) < 4.78 is 6.74. The van der Waals surface area contributed by atoms with Crippen molar-refractivity contribution in [2.45, 2.75) is 50.6 Å². The molecule has 0 bridgehead atoms. The van der Waals surface area contributed by atoms with Crippen molar-refractivity contribution in [1.29, 1.82) is 0 Å². The van der Waals surface area contributed by atoms with E-state index in [9.17, 15) is 9.59 Å². The molecular weight excluding hydrogens is 340 g/mol. The first-order valence-corrected chi connectivity index (χ1v) is 9.63. The zero-order valence-corrected chi connectivity index (χ0v) is 15.3. The fraction of sp³-hybridized carbons (Fsp3) is 0.364. The maximum atomic E-state index is 12.3. The van der Waals surface area contributed by atoms with Gasteiger partial charge in [-0.05, 0) is 49.3 Å². The zero-order chi connectivity index (χ0) is 18.6. The van der Waals surface area contributed by atoms with E-state index in [4.69, 9.17) is 4.42 Å². The number of para-hydroxylation sites is 2. The van der Waals surface area contributed by atoms with Crippen LogP contribution >= 0.6 is 0 Å². The highest BCUT2D eigenvalue weighted by molar-refractivity contribution is 5.77. The molecule has 1 N–H and O–H groups in total. The normalized spacial score (nSPS) is 19.9. The van der Waals surface area contributed by atoms with E-state index in [1.54, 1.807) is 6.07 Å². The quantitative estimate of drug-likeness (QED) is 0.748. The Morgan fingerprint density at radius 1 is 1.00 bits per heavy atom. The van der Waals surface area contributed by atoms with Crippen molar-refractivity contribution < 1.29 is 9.21 Å². The van der Waals surface area contributed by atoms with Gasteiger partial charge in [0.15, 0.2) is 5.58 Å². The summed E-state index contributed by atoms with van der Waals surface area (Å²) in [6.07, 6.45) is 4.48. The molecule has 0 atom stereocenters. The van der Waals surface area contributed by atoms with Gasteiger partial charge in [0, 0.05) is 19.0 Å². The monoisotopic (exact) mass is 364 g/mol. The molecule has 5 heteroatoms. The number of nitrogens with zero attached hydrogens (tertiary/aromatic N) is 1. The summed E-state index contributed by atoms with van der Waals surface area (Å²) in [5.74, 6) is 0.179. The second-order valence-electron chi connectivity index (χ2n) is 7.26. The Morgan fingerprint density at radius 3 is 2.48 bits per heavy atom. The number of hydrogen-bond donors (Lipinski definition) is 1. The number of oxazole rings is 1. The SMILES string of the molecule is O=C(CCn1c(=O)oc2ccccc21)NC1CCC(c2ccccc2)CC1. The molecule has 0 unspecified atom stereocenters. The molecule has 1 aliphatic carbocycles. The highest BCUT2D eigenvalue weighted by Gasteiger charge is 2.23. The number of aromatic nitrogens is 1. The highest BCUT2D eigenvalue weighted by atomic mass is 16.4. The minimum absolute atomic E-state index is 0.00431. The maximum Gasteiger partial charge on any atom is 0.419 e. The van der Waals surface area contributed by atoms with Crippen molar-refractivity contribution in [3.8, 4) is 0 Å². The minimum atomic E-state index is -0.410. The van der Waals surface area contributed by atoms with Crippen LogP contribution in [0, 0.1) is 0 Å². The molecular formula is C22H24N2O3. The van der Waals surface area contributed by atoms with Gasteiger partial charge in [0.2, 0.25) is 5.91 Å². The molecule has 0 aliphatic heterocycles. The van der Waals surface area contributed by atoms with Crippen LogP contribution in [0.5, 0.6) is 0 Å². The minimum Gasteiger partial charge on any atom is -0.408 e. The van der Waals surface area contributed by atoms with Gasteiger partial charge in [-0.1, -0.05) is 42.5 Å². The molecule has 0 spiro atoms. The van der Waals surface area contributed by atoms with Gasteiger partial charge in [0.25, 0.3) is 0 Å². The molecule has 27 heavy (non-hydrogen) atoms. The molecule has 1 heterocycles. The number of carbonyl (C=O) groups is 1. The van der Waals surface area contributed by atoms with Gasteiger partial charge in [-0.3, -0.25) is 9.36 Å². The molecule has 4 rings (SSSR count). The molecule has 1 aromatic heterocycles. The summed E-state index contributed by atoms with van der Waals surface area (Å²) in [6.45, 7) is 0.334. The number of aryl methyl sites for hydroxylation is 1. The standard InChI is InChI=1S/C22H24N2O3/c25-21(14-15-24-19-8-4-5-9-20(19)27-22(24)26)23-18-12-10-17(11-13-18)16-6-2-1-3-7-16/h1-9,17-18H,10-15H2,(H,23,25). The van der Waals surface area contributed by atoms with Crippen molar-refractivity contribution in [1.82, 2.24) is 9.88 Å². The van der Waals surface area contributed by atoms with E-state index in [1.807, 2.05) is 24.3 Å². The molecule has 1 fully saturated rings. The van der Waals surface area contributed by atoms with E-state index in [1.165, 1.54) is 10.1 Å². The lowest BCUT2D eigenvalue weighted by Crippen LogP contribution is -2.38. The Hall–Kier alpha value is -2.82. The van der Waals surface area contributed by atoms with E-state index in [0.29, 0.717) is 18.0 Å². The van der Waals surface area contributed by atoms with E-state index in [2.05, 4.69) is 29.6 Å². The van der Waals surface area contributed by atoms with Crippen LogP contribution in [-0.2, 0) is 11.3 Å². The Morgan fingerprint density at radius 2 is 1.70 bits per heavy atom. The van der Waals surface area contributed by atoms with E-state index in [-0.39, 0.29) is 18.4 Å². The molecule has 140 valence electrons. The van der Waals surface area contributed by atoms with E-state index in [0.717, 1.165) is 31.2 Å². The fourth-order valence-corrected chi connectivity index (χ4v) is 4.04.